The second kappa shape index (κ2) is 8.39. The smallest absolute Gasteiger partial charge is 0.269 e. The van der Waals surface area contributed by atoms with E-state index in [1.807, 2.05) is 27.1 Å². The van der Waals surface area contributed by atoms with E-state index in [1.165, 1.54) is 12.1 Å². The van der Waals surface area contributed by atoms with E-state index >= 15 is 0 Å². The van der Waals surface area contributed by atoms with Crippen LogP contribution in [0.5, 0.6) is 0 Å². The maximum Gasteiger partial charge on any atom is 0.269 e. The molecule has 1 aromatic heterocycles. The van der Waals surface area contributed by atoms with Gasteiger partial charge in [-0.05, 0) is 26.0 Å². The van der Waals surface area contributed by atoms with Crippen molar-refractivity contribution in [1.29, 1.82) is 0 Å². The summed E-state index contributed by atoms with van der Waals surface area (Å²) in [5.74, 6) is 0.0179. The molecule has 0 aliphatic rings. The molecule has 0 fully saturated rings. The number of nitrogens with zero attached hydrogens (tertiary/aromatic N) is 3. The van der Waals surface area contributed by atoms with E-state index < -0.39 is 4.92 Å². The van der Waals surface area contributed by atoms with Gasteiger partial charge in [0.1, 0.15) is 0 Å². The molecule has 134 valence electrons. The summed E-state index contributed by atoms with van der Waals surface area (Å²) >= 11 is 0. The molecular formula is C17H23N5O3. The number of nitro groups is 1. The number of nitro benzene ring substituents is 1. The zero-order valence-corrected chi connectivity index (χ0v) is 14.7. The minimum atomic E-state index is -0.424. The Morgan fingerprint density at radius 3 is 2.60 bits per heavy atom. The lowest BCUT2D eigenvalue weighted by Gasteiger charge is -2.09. The molecule has 0 radical (unpaired) electrons. The van der Waals surface area contributed by atoms with Gasteiger partial charge in [0.25, 0.3) is 5.69 Å². The first kappa shape index (κ1) is 18.6. The molecule has 1 heterocycles. The highest BCUT2D eigenvalue weighted by Crippen LogP contribution is 2.24. The van der Waals surface area contributed by atoms with Crippen molar-refractivity contribution in [1.82, 2.24) is 20.4 Å². The number of nitrogens with one attached hydrogen (secondary N) is 2. The van der Waals surface area contributed by atoms with Gasteiger partial charge in [-0.25, -0.2) is 0 Å². The van der Waals surface area contributed by atoms with Gasteiger partial charge in [-0.1, -0.05) is 0 Å². The van der Waals surface area contributed by atoms with Gasteiger partial charge in [-0.2, -0.15) is 5.10 Å². The van der Waals surface area contributed by atoms with Gasteiger partial charge in [0.05, 0.1) is 10.6 Å². The van der Waals surface area contributed by atoms with E-state index in [4.69, 9.17) is 0 Å². The van der Waals surface area contributed by atoms with E-state index in [1.54, 1.807) is 16.8 Å². The van der Waals surface area contributed by atoms with E-state index in [9.17, 15) is 14.9 Å². The van der Waals surface area contributed by atoms with E-state index in [2.05, 4.69) is 15.7 Å². The molecule has 1 amide bonds. The molecule has 2 aromatic rings. The second-order valence-electron chi connectivity index (χ2n) is 6.13. The average molecular weight is 345 g/mol. The Hall–Kier alpha value is -2.74. The van der Waals surface area contributed by atoms with Gasteiger partial charge in [0.15, 0.2) is 0 Å². The van der Waals surface area contributed by atoms with Gasteiger partial charge in [0.2, 0.25) is 5.91 Å². The molecule has 0 unspecified atom stereocenters. The fraction of sp³-hybridized carbons (Fsp3) is 0.412. The Morgan fingerprint density at radius 1 is 1.32 bits per heavy atom. The van der Waals surface area contributed by atoms with E-state index in [0.29, 0.717) is 19.5 Å². The van der Waals surface area contributed by atoms with Crippen LogP contribution in [0.25, 0.3) is 11.3 Å². The molecule has 25 heavy (non-hydrogen) atoms. The number of carbonyl (C=O) groups is 1. The summed E-state index contributed by atoms with van der Waals surface area (Å²) in [6.07, 6.45) is 2.31. The molecule has 0 bridgehead atoms. The van der Waals surface area contributed by atoms with Gasteiger partial charge >= 0.3 is 0 Å². The minimum Gasteiger partial charge on any atom is -0.354 e. The number of amides is 1. The van der Waals surface area contributed by atoms with Gasteiger partial charge in [-0.3, -0.25) is 19.6 Å². The second-order valence-corrected chi connectivity index (χ2v) is 6.13. The Labute approximate surface area is 146 Å². The highest BCUT2D eigenvalue weighted by atomic mass is 16.6. The van der Waals surface area contributed by atoms with Crippen LogP contribution in [0.3, 0.4) is 0 Å². The Kier molecular flexibility index (Phi) is 6.24. The third-order valence-electron chi connectivity index (χ3n) is 3.55. The molecule has 0 spiro atoms. The lowest BCUT2D eigenvalue weighted by molar-refractivity contribution is -0.384. The topological polar surface area (TPSA) is 102 Å². The first-order valence-corrected chi connectivity index (χ1v) is 8.14. The van der Waals surface area contributed by atoms with Crippen LogP contribution < -0.4 is 10.6 Å². The van der Waals surface area contributed by atoms with Crippen LogP contribution in [-0.4, -0.2) is 33.2 Å². The molecule has 2 rings (SSSR count). The predicted molar refractivity (Wildman–Crippen MR) is 94.9 cm³/mol. The summed E-state index contributed by atoms with van der Waals surface area (Å²) in [7, 11) is 1.83. The monoisotopic (exact) mass is 345 g/mol. The number of aromatic nitrogens is 2. The van der Waals surface area contributed by atoms with Gasteiger partial charge in [-0.15, -0.1) is 0 Å². The maximum absolute atomic E-state index is 11.6. The largest absolute Gasteiger partial charge is 0.354 e. The lowest BCUT2D eigenvalue weighted by atomic mass is 10.1. The van der Waals surface area contributed by atoms with Crippen LogP contribution in [0.1, 0.15) is 25.8 Å². The summed E-state index contributed by atoms with van der Waals surface area (Å²) < 4.78 is 1.71. The van der Waals surface area contributed by atoms with Crippen molar-refractivity contribution in [2.24, 2.45) is 7.05 Å². The fourth-order valence-electron chi connectivity index (χ4n) is 2.47. The van der Waals surface area contributed by atoms with Crippen molar-refractivity contribution in [3.05, 3.63) is 46.1 Å². The quantitative estimate of drug-likeness (QED) is 0.433. The number of hydrogen-bond acceptors (Lipinski definition) is 5. The summed E-state index contributed by atoms with van der Waals surface area (Å²) in [4.78, 5) is 22.0. The minimum absolute atomic E-state index is 0.0179. The lowest BCUT2D eigenvalue weighted by Crippen LogP contribution is -2.32. The first-order chi connectivity index (χ1) is 11.9. The molecule has 8 heteroatoms. The SMILES string of the molecule is CC(C)NC(=O)CCNCc1cn(C)nc1-c1ccc([N+](=O)[O-])cc1. The number of carbonyl (C=O) groups excluding carboxylic acids is 1. The molecule has 1 aromatic carbocycles. The highest BCUT2D eigenvalue weighted by Gasteiger charge is 2.12. The Morgan fingerprint density at radius 2 is 2.00 bits per heavy atom. The normalized spacial score (nSPS) is 10.9. The van der Waals surface area contributed by atoms with Crippen molar-refractivity contribution in [3.8, 4) is 11.3 Å². The van der Waals surface area contributed by atoms with Crippen molar-refractivity contribution in [2.45, 2.75) is 32.9 Å². The third-order valence-corrected chi connectivity index (χ3v) is 3.55. The fourth-order valence-corrected chi connectivity index (χ4v) is 2.47. The molecule has 0 saturated carbocycles. The van der Waals surface area contributed by atoms with Crippen LogP contribution in [0.15, 0.2) is 30.5 Å². The molecule has 0 saturated heterocycles. The van der Waals surface area contributed by atoms with Crippen molar-refractivity contribution < 1.29 is 9.72 Å². The molecule has 0 aliphatic heterocycles. The van der Waals surface area contributed by atoms with Crippen LogP contribution in [-0.2, 0) is 18.4 Å². The molecular weight excluding hydrogens is 322 g/mol. The number of non-ortho nitro benzene ring substituents is 1. The summed E-state index contributed by atoms with van der Waals surface area (Å²) in [5.41, 5.74) is 2.62. The average Bonchev–Trinajstić information content (AvgIpc) is 2.92. The zero-order chi connectivity index (χ0) is 18.4. The van der Waals surface area contributed by atoms with Crippen LogP contribution in [0.4, 0.5) is 5.69 Å². The van der Waals surface area contributed by atoms with Gasteiger partial charge in [0, 0.05) is 62.1 Å². The number of hydrogen-bond donors (Lipinski definition) is 2. The summed E-state index contributed by atoms with van der Waals surface area (Å²) in [5, 5.41) is 21.3. The first-order valence-electron chi connectivity index (χ1n) is 8.14. The zero-order valence-electron chi connectivity index (χ0n) is 14.7. The van der Waals surface area contributed by atoms with Crippen molar-refractivity contribution in [3.63, 3.8) is 0 Å². The summed E-state index contributed by atoms with van der Waals surface area (Å²) in [6, 6.07) is 6.47. The maximum atomic E-state index is 11.6. The van der Waals surface area contributed by atoms with E-state index in [0.717, 1.165) is 16.8 Å². The Balaban J connectivity index is 1.98. The summed E-state index contributed by atoms with van der Waals surface area (Å²) in [6.45, 7) is 4.98. The van der Waals surface area contributed by atoms with E-state index in [-0.39, 0.29) is 17.6 Å². The third kappa shape index (κ3) is 5.39. The molecule has 0 atom stereocenters. The van der Waals surface area contributed by atoms with Crippen LogP contribution in [0.2, 0.25) is 0 Å². The molecule has 2 N–H and O–H groups in total. The number of rotatable bonds is 8. The van der Waals surface area contributed by atoms with Gasteiger partial charge < -0.3 is 10.6 Å². The van der Waals surface area contributed by atoms with Crippen molar-refractivity contribution >= 4 is 11.6 Å². The predicted octanol–water partition coefficient (Wildman–Crippen LogP) is 2.00. The van der Waals surface area contributed by atoms with Crippen LogP contribution in [0, 0.1) is 10.1 Å². The molecule has 0 aliphatic carbocycles. The van der Waals surface area contributed by atoms with Crippen LogP contribution >= 0.6 is 0 Å². The number of benzene rings is 1. The number of aryl methyl sites for hydroxylation is 1. The Bertz CT molecular complexity index is 737. The highest BCUT2D eigenvalue weighted by molar-refractivity contribution is 5.76. The standard InChI is InChI=1S/C17H23N5O3/c1-12(2)19-16(23)8-9-18-10-14-11-21(3)20-17(14)13-4-6-15(7-5-13)22(24)25/h4-7,11-12,18H,8-10H2,1-3H3,(H,19,23). The molecule has 8 nitrogen and oxygen atoms in total. The van der Waals surface area contributed by atoms with Crippen molar-refractivity contribution in [2.75, 3.05) is 6.54 Å².